The van der Waals surface area contributed by atoms with E-state index in [1.807, 2.05) is 0 Å². The van der Waals surface area contributed by atoms with E-state index in [2.05, 4.69) is 17.1 Å². The molecule has 3 N–H and O–H groups in total. The highest BCUT2D eigenvalue weighted by Crippen LogP contribution is 2.20. The molecule has 0 aromatic heterocycles. The van der Waals surface area contributed by atoms with Gasteiger partial charge in [0.2, 0.25) is 0 Å². The molecule has 1 unspecified atom stereocenters. The summed E-state index contributed by atoms with van der Waals surface area (Å²) in [4.78, 5) is 27.5. The Balaban J connectivity index is 1.79. The predicted molar refractivity (Wildman–Crippen MR) is 77.1 cm³/mol. The second-order valence-corrected chi connectivity index (χ2v) is 6.55. The Morgan fingerprint density at radius 2 is 1.90 bits per heavy atom. The molecule has 114 valence electrons. The maximum absolute atomic E-state index is 12.1. The normalized spacial score (nSPS) is 25.9. The van der Waals surface area contributed by atoms with E-state index in [0.717, 1.165) is 32.5 Å². The number of nitrogens with one attached hydrogen (secondary N) is 1. The van der Waals surface area contributed by atoms with E-state index in [1.165, 1.54) is 4.90 Å². The third-order valence-electron chi connectivity index (χ3n) is 4.46. The molecule has 6 nitrogen and oxygen atoms in total. The lowest BCUT2D eigenvalue weighted by Gasteiger charge is -2.34. The summed E-state index contributed by atoms with van der Waals surface area (Å²) in [5.41, 5.74) is 5.16. The van der Waals surface area contributed by atoms with E-state index in [1.54, 1.807) is 13.8 Å². The van der Waals surface area contributed by atoms with Gasteiger partial charge in [-0.15, -0.1) is 0 Å². The van der Waals surface area contributed by atoms with Crippen LogP contribution in [-0.4, -0.2) is 59.5 Å². The van der Waals surface area contributed by atoms with Gasteiger partial charge in [0.05, 0.1) is 0 Å². The number of imide groups is 1. The standard InChI is InChI=1S/C14H26N4O2/c1-10(15)11-4-6-17(7-5-11)8-9-18-12(19)14(2,3)16-13(18)20/h10-11H,4-9,15H2,1-3H3,(H,16,20). The van der Waals surface area contributed by atoms with E-state index in [-0.39, 0.29) is 18.0 Å². The molecule has 0 aromatic rings. The molecule has 0 bridgehead atoms. The van der Waals surface area contributed by atoms with Gasteiger partial charge in [0.15, 0.2) is 0 Å². The van der Waals surface area contributed by atoms with Crippen molar-refractivity contribution in [2.24, 2.45) is 11.7 Å². The lowest BCUT2D eigenvalue weighted by molar-refractivity contribution is -0.130. The van der Waals surface area contributed by atoms with Crippen molar-refractivity contribution in [1.82, 2.24) is 15.1 Å². The molecule has 2 aliphatic rings. The Morgan fingerprint density at radius 3 is 2.35 bits per heavy atom. The van der Waals surface area contributed by atoms with Crippen LogP contribution in [0.3, 0.4) is 0 Å². The van der Waals surface area contributed by atoms with Gasteiger partial charge in [-0.05, 0) is 52.6 Å². The zero-order chi connectivity index (χ0) is 14.9. The van der Waals surface area contributed by atoms with Crippen LogP contribution in [-0.2, 0) is 4.79 Å². The molecule has 2 rings (SSSR count). The van der Waals surface area contributed by atoms with E-state index < -0.39 is 5.54 Å². The van der Waals surface area contributed by atoms with Crippen LogP contribution in [0.1, 0.15) is 33.6 Å². The zero-order valence-electron chi connectivity index (χ0n) is 12.7. The van der Waals surface area contributed by atoms with Crippen molar-refractivity contribution < 1.29 is 9.59 Å². The van der Waals surface area contributed by atoms with E-state index in [4.69, 9.17) is 5.73 Å². The Labute approximate surface area is 120 Å². The Hall–Kier alpha value is -1.14. The molecule has 0 radical (unpaired) electrons. The highest BCUT2D eigenvalue weighted by molar-refractivity contribution is 6.06. The first-order valence-corrected chi connectivity index (χ1v) is 7.43. The van der Waals surface area contributed by atoms with Crippen LogP contribution in [0.2, 0.25) is 0 Å². The van der Waals surface area contributed by atoms with E-state index >= 15 is 0 Å². The fourth-order valence-corrected chi connectivity index (χ4v) is 2.96. The van der Waals surface area contributed by atoms with Crippen molar-refractivity contribution in [1.29, 1.82) is 0 Å². The molecule has 6 heteroatoms. The van der Waals surface area contributed by atoms with Gasteiger partial charge >= 0.3 is 6.03 Å². The zero-order valence-corrected chi connectivity index (χ0v) is 12.7. The van der Waals surface area contributed by atoms with Crippen molar-refractivity contribution >= 4 is 11.9 Å². The molecule has 0 spiro atoms. The summed E-state index contributed by atoms with van der Waals surface area (Å²) in [6.45, 7) is 8.76. The van der Waals surface area contributed by atoms with Gasteiger partial charge in [0.1, 0.15) is 5.54 Å². The number of carbonyl (C=O) groups excluding carboxylic acids is 2. The Morgan fingerprint density at radius 1 is 1.30 bits per heavy atom. The topological polar surface area (TPSA) is 78.7 Å². The average Bonchev–Trinajstić information content (AvgIpc) is 2.57. The number of carbonyl (C=O) groups is 2. The van der Waals surface area contributed by atoms with Crippen molar-refractivity contribution in [3.8, 4) is 0 Å². The number of hydrogen-bond acceptors (Lipinski definition) is 4. The average molecular weight is 282 g/mol. The number of piperidine rings is 1. The lowest BCUT2D eigenvalue weighted by Crippen LogP contribution is -2.44. The second-order valence-electron chi connectivity index (χ2n) is 6.55. The van der Waals surface area contributed by atoms with Crippen LogP contribution in [0.25, 0.3) is 0 Å². The number of rotatable bonds is 4. The molecule has 2 fully saturated rings. The van der Waals surface area contributed by atoms with Crippen molar-refractivity contribution in [2.75, 3.05) is 26.2 Å². The fourth-order valence-electron chi connectivity index (χ4n) is 2.96. The van der Waals surface area contributed by atoms with Gasteiger partial charge in [-0.2, -0.15) is 0 Å². The molecule has 2 heterocycles. The summed E-state index contributed by atoms with van der Waals surface area (Å²) in [6, 6.07) is -0.0191. The summed E-state index contributed by atoms with van der Waals surface area (Å²) in [7, 11) is 0. The minimum absolute atomic E-state index is 0.132. The number of nitrogens with two attached hydrogens (primary N) is 1. The monoisotopic (exact) mass is 282 g/mol. The maximum Gasteiger partial charge on any atom is 0.325 e. The first kappa shape index (κ1) is 15.3. The number of likely N-dealkylation sites (tertiary alicyclic amines) is 1. The summed E-state index contributed by atoms with van der Waals surface area (Å²) in [5.74, 6) is 0.467. The van der Waals surface area contributed by atoms with Crippen LogP contribution < -0.4 is 11.1 Å². The van der Waals surface area contributed by atoms with Gasteiger partial charge in [0, 0.05) is 19.1 Å². The van der Waals surface area contributed by atoms with Gasteiger partial charge in [-0.25, -0.2) is 4.79 Å². The first-order chi connectivity index (χ1) is 9.31. The molecular weight excluding hydrogens is 256 g/mol. The SMILES string of the molecule is CC(N)C1CCN(CCN2C(=O)NC(C)(C)C2=O)CC1. The van der Waals surface area contributed by atoms with Crippen LogP contribution >= 0.6 is 0 Å². The summed E-state index contributed by atoms with van der Waals surface area (Å²) >= 11 is 0. The lowest BCUT2D eigenvalue weighted by atomic mass is 9.91. The molecule has 0 aliphatic carbocycles. The van der Waals surface area contributed by atoms with Gasteiger partial charge in [-0.3, -0.25) is 9.69 Å². The number of hydrogen-bond donors (Lipinski definition) is 2. The molecule has 2 aliphatic heterocycles. The molecule has 0 aromatic carbocycles. The minimum Gasteiger partial charge on any atom is -0.328 e. The van der Waals surface area contributed by atoms with Gasteiger partial charge in [0.25, 0.3) is 5.91 Å². The number of urea groups is 1. The van der Waals surface area contributed by atoms with Crippen molar-refractivity contribution in [2.45, 2.75) is 45.2 Å². The largest absolute Gasteiger partial charge is 0.328 e. The summed E-state index contributed by atoms with van der Waals surface area (Å²) in [5, 5.41) is 2.71. The number of amides is 3. The van der Waals surface area contributed by atoms with Gasteiger partial charge in [-0.1, -0.05) is 0 Å². The Kier molecular flexibility index (Phi) is 4.34. The predicted octanol–water partition coefficient (Wildman–Crippen LogP) is 0.376. The highest BCUT2D eigenvalue weighted by atomic mass is 16.2. The van der Waals surface area contributed by atoms with Crippen LogP contribution in [0.5, 0.6) is 0 Å². The number of nitrogens with zero attached hydrogens (tertiary/aromatic N) is 2. The molecular formula is C14H26N4O2. The smallest absolute Gasteiger partial charge is 0.325 e. The van der Waals surface area contributed by atoms with Crippen molar-refractivity contribution in [3.05, 3.63) is 0 Å². The third kappa shape index (κ3) is 3.12. The molecule has 3 amide bonds. The first-order valence-electron chi connectivity index (χ1n) is 7.43. The summed E-state index contributed by atoms with van der Waals surface area (Å²) in [6.07, 6.45) is 2.20. The van der Waals surface area contributed by atoms with Gasteiger partial charge < -0.3 is 16.0 Å². The maximum atomic E-state index is 12.1. The van der Waals surface area contributed by atoms with Crippen LogP contribution in [0, 0.1) is 5.92 Å². The molecule has 2 saturated heterocycles. The Bertz CT molecular complexity index is 387. The van der Waals surface area contributed by atoms with Crippen LogP contribution in [0.4, 0.5) is 4.79 Å². The molecule has 0 saturated carbocycles. The highest BCUT2D eigenvalue weighted by Gasteiger charge is 2.44. The minimum atomic E-state index is -0.765. The molecule has 1 atom stereocenters. The van der Waals surface area contributed by atoms with E-state index in [9.17, 15) is 9.59 Å². The third-order valence-corrected chi connectivity index (χ3v) is 4.46. The fraction of sp³-hybridized carbons (Fsp3) is 0.857. The van der Waals surface area contributed by atoms with E-state index in [0.29, 0.717) is 12.5 Å². The van der Waals surface area contributed by atoms with Crippen molar-refractivity contribution in [3.63, 3.8) is 0 Å². The molecule has 20 heavy (non-hydrogen) atoms. The quantitative estimate of drug-likeness (QED) is 0.731. The van der Waals surface area contributed by atoms with Crippen LogP contribution in [0.15, 0.2) is 0 Å². The second kappa shape index (κ2) is 5.69. The summed E-state index contributed by atoms with van der Waals surface area (Å²) < 4.78 is 0.